The van der Waals surface area contributed by atoms with E-state index in [1.165, 1.54) is 20.1 Å². The fourth-order valence-electron chi connectivity index (χ4n) is 1.48. The molecule has 80 valence electrons. The lowest BCUT2D eigenvalue weighted by molar-refractivity contribution is -0.232. The topological polar surface area (TPSA) is 72.6 Å². The van der Waals surface area contributed by atoms with Gasteiger partial charge in [-0.1, -0.05) is 6.08 Å². The summed E-state index contributed by atoms with van der Waals surface area (Å²) in [5, 5.41) is 9.68. The Morgan fingerprint density at radius 2 is 2.36 bits per heavy atom. The van der Waals surface area contributed by atoms with Crippen LogP contribution in [0.2, 0.25) is 0 Å². The molecule has 0 bridgehead atoms. The number of hydrogen-bond donors (Lipinski definition) is 2. The van der Waals surface area contributed by atoms with Crippen molar-refractivity contribution in [1.82, 2.24) is 0 Å². The standard InChI is InChI=1S/C9H14FNO3/c1-8(7(11)12)4-3-6(10)9(13,5-8)14-2/h3-4,6,13H,5H2,1-2H3,(H2,11,12). The number of carbonyl (C=O) groups is 1. The van der Waals surface area contributed by atoms with Gasteiger partial charge in [0, 0.05) is 13.5 Å². The number of primary amides is 1. The quantitative estimate of drug-likeness (QED) is 0.494. The van der Waals surface area contributed by atoms with Gasteiger partial charge in [-0.05, 0) is 13.0 Å². The van der Waals surface area contributed by atoms with Crippen LogP contribution in [0.3, 0.4) is 0 Å². The second-order valence-corrected chi connectivity index (χ2v) is 3.77. The largest absolute Gasteiger partial charge is 0.369 e. The summed E-state index contributed by atoms with van der Waals surface area (Å²) in [7, 11) is 1.19. The summed E-state index contributed by atoms with van der Waals surface area (Å²) >= 11 is 0. The molecule has 1 rings (SSSR count). The number of aliphatic hydroxyl groups is 1. The summed E-state index contributed by atoms with van der Waals surface area (Å²) in [5.74, 6) is -2.57. The molecule has 1 aliphatic rings. The van der Waals surface area contributed by atoms with Crippen LogP contribution in [-0.2, 0) is 9.53 Å². The molecule has 0 radical (unpaired) electrons. The molecule has 14 heavy (non-hydrogen) atoms. The van der Waals surface area contributed by atoms with E-state index in [1.54, 1.807) is 0 Å². The zero-order valence-electron chi connectivity index (χ0n) is 8.16. The number of methoxy groups -OCH3 is 1. The lowest BCUT2D eigenvalue weighted by atomic mass is 9.76. The number of ether oxygens (including phenoxy) is 1. The maximum atomic E-state index is 13.2. The van der Waals surface area contributed by atoms with Crippen LogP contribution in [0.25, 0.3) is 0 Å². The summed E-state index contributed by atoms with van der Waals surface area (Å²) in [6, 6.07) is 0. The highest BCUT2D eigenvalue weighted by Crippen LogP contribution is 2.38. The molecular weight excluding hydrogens is 189 g/mol. The lowest BCUT2D eigenvalue weighted by Gasteiger charge is -2.38. The Hall–Kier alpha value is -0.940. The Morgan fingerprint density at radius 3 is 2.79 bits per heavy atom. The molecule has 0 aromatic heterocycles. The van der Waals surface area contributed by atoms with Crippen molar-refractivity contribution in [2.75, 3.05) is 7.11 Å². The third kappa shape index (κ3) is 1.65. The second-order valence-electron chi connectivity index (χ2n) is 3.77. The van der Waals surface area contributed by atoms with Crippen molar-refractivity contribution in [2.45, 2.75) is 25.3 Å². The minimum atomic E-state index is -1.96. The highest BCUT2D eigenvalue weighted by atomic mass is 19.1. The van der Waals surface area contributed by atoms with Gasteiger partial charge in [0.25, 0.3) is 0 Å². The Bertz CT molecular complexity index is 281. The highest BCUT2D eigenvalue weighted by molar-refractivity contribution is 5.82. The minimum Gasteiger partial charge on any atom is -0.369 e. The number of nitrogens with two attached hydrogens (primary N) is 1. The molecule has 0 saturated carbocycles. The van der Waals surface area contributed by atoms with Crippen LogP contribution in [0.15, 0.2) is 12.2 Å². The molecule has 5 heteroatoms. The number of rotatable bonds is 2. The molecule has 1 aliphatic carbocycles. The van der Waals surface area contributed by atoms with Gasteiger partial charge in [-0.15, -0.1) is 0 Å². The molecular formula is C9H14FNO3. The number of alkyl halides is 1. The predicted molar refractivity (Wildman–Crippen MR) is 47.9 cm³/mol. The van der Waals surface area contributed by atoms with Crippen LogP contribution in [-0.4, -0.2) is 30.1 Å². The molecule has 0 spiro atoms. The van der Waals surface area contributed by atoms with Crippen molar-refractivity contribution in [2.24, 2.45) is 11.1 Å². The van der Waals surface area contributed by atoms with E-state index in [0.29, 0.717) is 0 Å². The van der Waals surface area contributed by atoms with E-state index in [-0.39, 0.29) is 6.42 Å². The van der Waals surface area contributed by atoms with Crippen LogP contribution >= 0.6 is 0 Å². The van der Waals surface area contributed by atoms with E-state index >= 15 is 0 Å². The molecule has 0 aliphatic heterocycles. The SMILES string of the molecule is COC1(O)CC(C)(C(N)=O)C=CC1F. The molecule has 1 amide bonds. The van der Waals surface area contributed by atoms with Crippen molar-refractivity contribution in [3.05, 3.63) is 12.2 Å². The van der Waals surface area contributed by atoms with Crippen molar-refractivity contribution >= 4 is 5.91 Å². The van der Waals surface area contributed by atoms with Crippen LogP contribution in [0.1, 0.15) is 13.3 Å². The fraction of sp³-hybridized carbons (Fsp3) is 0.667. The van der Waals surface area contributed by atoms with Crippen molar-refractivity contribution < 1.29 is 19.0 Å². The van der Waals surface area contributed by atoms with Gasteiger partial charge in [0.1, 0.15) is 0 Å². The number of carbonyl (C=O) groups excluding carboxylic acids is 1. The smallest absolute Gasteiger partial charge is 0.227 e. The van der Waals surface area contributed by atoms with E-state index in [9.17, 15) is 14.3 Å². The Labute approximate surface area is 81.5 Å². The molecule has 0 heterocycles. The van der Waals surface area contributed by atoms with Gasteiger partial charge in [0.05, 0.1) is 5.41 Å². The van der Waals surface area contributed by atoms with Gasteiger partial charge in [-0.2, -0.15) is 0 Å². The van der Waals surface area contributed by atoms with E-state index in [4.69, 9.17) is 5.73 Å². The maximum Gasteiger partial charge on any atom is 0.227 e. The first-order valence-electron chi connectivity index (χ1n) is 4.25. The second kappa shape index (κ2) is 3.33. The zero-order valence-corrected chi connectivity index (χ0v) is 8.16. The van der Waals surface area contributed by atoms with Gasteiger partial charge in [0.15, 0.2) is 6.17 Å². The van der Waals surface area contributed by atoms with Crippen molar-refractivity contribution in [3.8, 4) is 0 Å². The van der Waals surface area contributed by atoms with E-state index in [0.717, 1.165) is 6.08 Å². The van der Waals surface area contributed by atoms with Crippen LogP contribution < -0.4 is 5.73 Å². The fourth-order valence-corrected chi connectivity index (χ4v) is 1.48. The van der Waals surface area contributed by atoms with Crippen molar-refractivity contribution in [1.29, 1.82) is 0 Å². The third-order valence-corrected chi connectivity index (χ3v) is 2.60. The maximum absolute atomic E-state index is 13.2. The van der Waals surface area contributed by atoms with Gasteiger partial charge in [0.2, 0.25) is 11.7 Å². The van der Waals surface area contributed by atoms with Gasteiger partial charge in [-0.3, -0.25) is 4.79 Å². The molecule has 3 unspecified atom stereocenters. The average molecular weight is 203 g/mol. The lowest BCUT2D eigenvalue weighted by Crippen LogP contribution is -2.51. The van der Waals surface area contributed by atoms with Crippen LogP contribution in [0.5, 0.6) is 0 Å². The number of amides is 1. The Morgan fingerprint density at radius 1 is 1.79 bits per heavy atom. The Kier molecular flexibility index (Phi) is 2.65. The average Bonchev–Trinajstić information content (AvgIpc) is 2.12. The van der Waals surface area contributed by atoms with Gasteiger partial charge < -0.3 is 15.6 Å². The minimum absolute atomic E-state index is 0.177. The van der Waals surface area contributed by atoms with Crippen molar-refractivity contribution in [3.63, 3.8) is 0 Å². The summed E-state index contributed by atoms with van der Waals surface area (Å²) in [6.45, 7) is 1.53. The Balaban J connectivity index is 3.01. The normalized spacial score (nSPS) is 42.4. The van der Waals surface area contributed by atoms with E-state index in [2.05, 4.69) is 4.74 Å². The first kappa shape index (κ1) is 11.1. The van der Waals surface area contributed by atoms with Gasteiger partial charge in [-0.25, -0.2) is 4.39 Å². The zero-order chi connectivity index (χ0) is 11.0. The summed E-state index contributed by atoms with van der Waals surface area (Å²) < 4.78 is 17.9. The van der Waals surface area contributed by atoms with Crippen LogP contribution in [0.4, 0.5) is 4.39 Å². The molecule has 0 saturated heterocycles. The molecule has 4 nitrogen and oxygen atoms in total. The molecule has 0 fully saturated rings. The first-order chi connectivity index (χ1) is 6.34. The highest BCUT2D eigenvalue weighted by Gasteiger charge is 2.48. The summed E-state index contributed by atoms with van der Waals surface area (Å²) in [6.07, 6.45) is 0.647. The predicted octanol–water partition coefficient (Wildman–Crippen LogP) is 0.111. The summed E-state index contributed by atoms with van der Waals surface area (Å²) in [5.41, 5.74) is 4.08. The van der Waals surface area contributed by atoms with E-state index in [1.807, 2.05) is 0 Å². The monoisotopic (exact) mass is 203 g/mol. The molecule has 3 atom stereocenters. The van der Waals surface area contributed by atoms with Crippen LogP contribution in [0, 0.1) is 5.41 Å². The number of hydrogen-bond acceptors (Lipinski definition) is 3. The molecule has 0 aromatic rings. The summed E-state index contributed by atoms with van der Waals surface area (Å²) in [4.78, 5) is 11.1. The van der Waals surface area contributed by atoms with Gasteiger partial charge >= 0.3 is 0 Å². The number of halogens is 1. The van der Waals surface area contributed by atoms with E-state index < -0.39 is 23.3 Å². The molecule has 3 N–H and O–H groups in total. The third-order valence-electron chi connectivity index (χ3n) is 2.60. The first-order valence-corrected chi connectivity index (χ1v) is 4.25. The molecule has 0 aromatic carbocycles.